The van der Waals surface area contributed by atoms with Crippen molar-refractivity contribution < 1.29 is 14.7 Å². The fourth-order valence-corrected chi connectivity index (χ4v) is 1.73. The average molecular weight is 214 g/mol. The van der Waals surface area contributed by atoms with Gasteiger partial charge in [-0.15, -0.1) is 0 Å². The quantitative estimate of drug-likeness (QED) is 0.694. The molecule has 0 saturated carbocycles. The Morgan fingerprint density at radius 3 is 2.27 bits per heavy atom. The first-order valence-electron chi connectivity index (χ1n) is 5.39. The van der Waals surface area contributed by atoms with Gasteiger partial charge < -0.3 is 10.4 Å². The van der Waals surface area contributed by atoms with Crippen molar-refractivity contribution in [1.29, 1.82) is 0 Å². The predicted octanol–water partition coefficient (Wildman–Crippen LogP) is 0.0632. The first-order chi connectivity index (χ1) is 7.18. The maximum Gasteiger partial charge on any atom is 0.322 e. The van der Waals surface area contributed by atoms with Gasteiger partial charge in [-0.05, 0) is 25.9 Å². The number of nitrogens with one attached hydrogen (secondary N) is 1. The van der Waals surface area contributed by atoms with E-state index in [-0.39, 0.29) is 12.5 Å². The van der Waals surface area contributed by atoms with Crippen molar-refractivity contribution in [1.82, 2.24) is 10.2 Å². The maximum absolute atomic E-state index is 11.3. The molecule has 0 unspecified atom stereocenters. The summed E-state index contributed by atoms with van der Waals surface area (Å²) in [5.41, 5.74) is 0. The van der Waals surface area contributed by atoms with Crippen molar-refractivity contribution in [2.75, 3.05) is 26.2 Å². The Bertz CT molecular complexity index is 223. The minimum Gasteiger partial charge on any atom is -0.480 e. The zero-order valence-corrected chi connectivity index (χ0v) is 8.87. The number of aliphatic carboxylic acids is 1. The molecule has 1 aliphatic rings. The monoisotopic (exact) mass is 214 g/mol. The summed E-state index contributed by atoms with van der Waals surface area (Å²) in [7, 11) is 0. The summed E-state index contributed by atoms with van der Waals surface area (Å²) >= 11 is 0. The average Bonchev–Trinajstić information content (AvgIpc) is 2.43. The normalized spacial score (nSPS) is 18.1. The molecular weight excluding hydrogens is 196 g/mol. The molecular formula is C10H18N2O3. The van der Waals surface area contributed by atoms with E-state index in [1.807, 2.05) is 0 Å². The molecule has 0 aliphatic carbocycles. The lowest BCUT2D eigenvalue weighted by atomic mass is 10.2. The standard InChI is InChI=1S/C10H18N2O3/c13-9(11-7-10(14)15)8-12-5-3-1-2-4-6-12/h1-8H2,(H,11,13)(H,14,15). The van der Waals surface area contributed by atoms with Gasteiger partial charge in [0.1, 0.15) is 6.54 Å². The van der Waals surface area contributed by atoms with Crippen LogP contribution in [0, 0.1) is 0 Å². The third kappa shape index (κ3) is 5.37. The topological polar surface area (TPSA) is 69.6 Å². The highest BCUT2D eigenvalue weighted by molar-refractivity contribution is 5.82. The van der Waals surface area contributed by atoms with Gasteiger partial charge in [0.05, 0.1) is 6.54 Å². The number of nitrogens with zero attached hydrogens (tertiary/aromatic N) is 1. The second-order valence-corrected chi connectivity index (χ2v) is 3.86. The Morgan fingerprint density at radius 1 is 1.13 bits per heavy atom. The van der Waals surface area contributed by atoms with Crippen LogP contribution in [0.5, 0.6) is 0 Å². The molecule has 0 spiro atoms. The second kappa shape index (κ2) is 6.40. The molecule has 0 radical (unpaired) electrons. The summed E-state index contributed by atoms with van der Waals surface area (Å²) in [6.45, 7) is 1.93. The summed E-state index contributed by atoms with van der Waals surface area (Å²) in [5.74, 6) is -1.20. The highest BCUT2D eigenvalue weighted by Crippen LogP contribution is 2.08. The Hall–Kier alpha value is -1.10. The van der Waals surface area contributed by atoms with Gasteiger partial charge in [0, 0.05) is 0 Å². The lowest BCUT2D eigenvalue weighted by Gasteiger charge is -2.18. The largest absolute Gasteiger partial charge is 0.480 e. The number of hydrogen-bond acceptors (Lipinski definition) is 3. The zero-order chi connectivity index (χ0) is 11.1. The van der Waals surface area contributed by atoms with E-state index in [2.05, 4.69) is 10.2 Å². The molecule has 1 rings (SSSR count). The highest BCUT2D eigenvalue weighted by atomic mass is 16.4. The van der Waals surface area contributed by atoms with Crippen LogP contribution in [0.4, 0.5) is 0 Å². The molecule has 1 fully saturated rings. The van der Waals surface area contributed by atoms with Crippen LogP contribution in [0.2, 0.25) is 0 Å². The van der Waals surface area contributed by atoms with Crippen LogP contribution in [0.25, 0.3) is 0 Å². The number of amides is 1. The number of rotatable bonds is 4. The molecule has 1 aliphatic heterocycles. The number of hydrogen-bond donors (Lipinski definition) is 2. The predicted molar refractivity (Wildman–Crippen MR) is 55.6 cm³/mol. The van der Waals surface area contributed by atoms with Crippen LogP contribution in [-0.2, 0) is 9.59 Å². The van der Waals surface area contributed by atoms with Crippen LogP contribution in [0.15, 0.2) is 0 Å². The summed E-state index contributed by atoms with van der Waals surface area (Å²) in [4.78, 5) is 23.6. The summed E-state index contributed by atoms with van der Waals surface area (Å²) in [6.07, 6.45) is 4.72. The number of carboxylic acids is 1. The molecule has 1 heterocycles. The van der Waals surface area contributed by atoms with Gasteiger partial charge in [0.2, 0.25) is 5.91 Å². The van der Waals surface area contributed by atoms with Crippen molar-refractivity contribution in [3.8, 4) is 0 Å². The summed E-state index contributed by atoms with van der Waals surface area (Å²) < 4.78 is 0. The van der Waals surface area contributed by atoms with E-state index in [0.717, 1.165) is 25.9 Å². The van der Waals surface area contributed by atoms with Gasteiger partial charge >= 0.3 is 5.97 Å². The molecule has 0 aromatic rings. The van der Waals surface area contributed by atoms with E-state index in [9.17, 15) is 9.59 Å². The molecule has 0 aromatic heterocycles. The van der Waals surface area contributed by atoms with Crippen molar-refractivity contribution >= 4 is 11.9 Å². The molecule has 5 nitrogen and oxygen atoms in total. The molecule has 2 N–H and O–H groups in total. The number of carbonyl (C=O) groups is 2. The highest BCUT2D eigenvalue weighted by Gasteiger charge is 2.12. The van der Waals surface area contributed by atoms with E-state index >= 15 is 0 Å². The van der Waals surface area contributed by atoms with Gasteiger partial charge in [-0.3, -0.25) is 14.5 Å². The molecule has 0 bridgehead atoms. The van der Waals surface area contributed by atoms with Crippen LogP contribution < -0.4 is 5.32 Å². The van der Waals surface area contributed by atoms with Crippen LogP contribution in [-0.4, -0.2) is 48.1 Å². The van der Waals surface area contributed by atoms with E-state index < -0.39 is 5.97 Å². The first kappa shape index (κ1) is 12.0. The van der Waals surface area contributed by atoms with E-state index in [4.69, 9.17) is 5.11 Å². The minimum absolute atomic E-state index is 0.195. The lowest BCUT2D eigenvalue weighted by molar-refractivity contribution is -0.138. The maximum atomic E-state index is 11.3. The van der Waals surface area contributed by atoms with E-state index in [0.29, 0.717) is 6.54 Å². The molecule has 5 heteroatoms. The van der Waals surface area contributed by atoms with Crippen molar-refractivity contribution in [3.05, 3.63) is 0 Å². The molecule has 15 heavy (non-hydrogen) atoms. The Balaban J connectivity index is 2.20. The Morgan fingerprint density at radius 2 is 1.73 bits per heavy atom. The van der Waals surface area contributed by atoms with Crippen LogP contribution in [0.1, 0.15) is 25.7 Å². The smallest absolute Gasteiger partial charge is 0.322 e. The summed E-state index contributed by atoms with van der Waals surface area (Å²) in [5, 5.41) is 10.8. The van der Waals surface area contributed by atoms with Crippen molar-refractivity contribution in [2.45, 2.75) is 25.7 Å². The van der Waals surface area contributed by atoms with Gasteiger partial charge in [-0.25, -0.2) is 0 Å². The first-order valence-corrected chi connectivity index (χ1v) is 5.39. The molecule has 1 amide bonds. The molecule has 86 valence electrons. The van der Waals surface area contributed by atoms with Gasteiger partial charge in [-0.2, -0.15) is 0 Å². The van der Waals surface area contributed by atoms with Crippen molar-refractivity contribution in [2.24, 2.45) is 0 Å². The zero-order valence-electron chi connectivity index (χ0n) is 8.87. The van der Waals surface area contributed by atoms with Crippen LogP contribution >= 0.6 is 0 Å². The van der Waals surface area contributed by atoms with Crippen LogP contribution in [0.3, 0.4) is 0 Å². The fourth-order valence-electron chi connectivity index (χ4n) is 1.73. The van der Waals surface area contributed by atoms with Gasteiger partial charge in [-0.1, -0.05) is 12.8 Å². The minimum atomic E-state index is -1.00. The van der Waals surface area contributed by atoms with Gasteiger partial charge in [0.25, 0.3) is 0 Å². The SMILES string of the molecule is O=C(O)CNC(=O)CN1CCCCCC1. The summed E-state index contributed by atoms with van der Waals surface area (Å²) in [6, 6.07) is 0. The third-order valence-electron chi connectivity index (χ3n) is 2.50. The second-order valence-electron chi connectivity index (χ2n) is 3.86. The Labute approximate surface area is 89.4 Å². The number of carbonyl (C=O) groups excluding carboxylic acids is 1. The van der Waals surface area contributed by atoms with Gasteiger partial charge in [0.15, 0.2) is 0 Å². The molecule has 0 atom stereocenters. The number of carboxylic acid groups (broad SMARTS) is 1. The lowest BCUT2D eigenvalue weighted by Crippen LogP contribution is -2.39. The van der Waals surface area contributed by atoms with E-state index in [1.165, 1.54) is 12.8 Å². The Kier molecular flexibility index (Phi) is 5.10. The number of likely N-dealkylation sites (tertiary alicyclic amines) is 1. The van der Waals surface area contributed by atoms with Crippen molar-refractivity contribution in [3.63, 3.8) is 0 Å². The molecule has 0 aromatic carbocycles. The fraction of sp³-hybridized carbons (Fsp3) is 0.800. The third-order valence-corrected chi connectivity index (χ3v) is 2.50. The molecule has 1 saturated heterocycles. The van der Waals surface area contributed by atoms with E-state index in [1.54, 1.807) is 0 Å².